The summed E-state index contributed by atoms with van der Waals surface area (Å²) in [6.07, 6.45) is 0.342. The van der Waals surface area contributed by atoms with Gasteiger partial charge in [-0.2, -0.15) is 0 Å². The van der Waals surface area contributed by atoms with E-state index in [-0.39, 0.29) is 12.8 Å². The lowest BCUT2D eigenvalue weighted by Crippen LogP contribution is -2.53. The van der Waals surface area contributed by atoms with Gasteiger partial charge in [0.1, 0.15) is 5.60 Å². The van der Waals surface area contributed by atoms with Crippen molar-refractivity contribution in [1.82, 2.24) is 4.90 Å². The predicted octanol–water partition coefficient (Wildman–Crippen LogP) is 1.49. The fourth-order valence-electron chi connectivity index (χ4n) is 1.68. The molecule has 1 fully saturated rings. The molecule has 1 rings (SSSR count). The van der Waals surface area contributed by atoms with Crippen LogP contribution in [-0.2, 0) is 0 Å². The van der Waals surface area contributed by atoms with Crippen molar-refractivity contribution in [3.05, 3.63) is 0 Å². The van der Waals surface area contributed by atoms with Crippen LogP contribution in [0.1, 0.15) is 26.7 Å². The highest BCUT2D eigenvalue weighted by atomic mass is 19.3. The Bertz CT molecular complexity index is 171. The minimum atomic E-state index is -2.98. The predicted molar refractivity (Wildman–Crippen MR) is 46.9 cm³/mol. The number of aliphatic hydroxyl groups is 1. The minimum absolute atomic E-state index is 0.171. The van der Waals surface area contributed by atoms with E-state index in [0.29, 0.717) is 13.1 Å². The quantitative estimate of drug-likeness (QED) is 0.718. The largest absolute Gasteiger partial charge is 0.384 e. The zero-order valence-electron chi connectivity index (χ0n) is 8.19. The zero-order chi connectivity index (χ0) is 10.1. The van der Waals surface area contributed by atoms with Crippen LogP contribution in [0.2, 0.25) is 0 Å². The standard InChI is InChI=1S/C9H17F2NO/c1-3-12-6-4-9(13,5-7-12)8(2,10)11/h13H,3-7H2,1-2H3. The molecule has 0 amide bonds. The van der Waals surface area contributed by atoms with E-state index in [1.165, 1.54) is 0 Å². The first kappa shape index (κ1) is 10.9. The van der Waals surface area contributed by atoms with Gasteiger partial charge in [0.2, 0.25) is 0 Å². The average molecular weight is 193 g/mol. The summed E-state index contributed by atoms with van der Waals surface area (Å²) in [4.78, 5) is 2.07. The Morgan fingerprint density at radius 3 is 2.15 bits per heavy atom. The molecule has 0 spiro atoms. The van der Waals surface area contributed by atoms with E-state index in [9.17, 15) is 13.9 Å². The van der Waals surface area contributed by atoms with Crippen molar-refractivity contribution >= 4 is 0 Å². The van der Waals surface area contributed by atoms with Crippen molar-refractivity contribution < 1.29 is 13.9 Å². The molecule has 1 heterocycles. The lowest BCUT2D eigenvalue weighted by Gasteiger charge is -2.40. The summed E-state index contributed by atoms with van der Waals surface area (Å²) in [6.45, 7) is 4.79. The number of hydrogen-bond donors (Lipinski definition) is 1. The first-order chi connectivity index (χ1) is 5.89. The number of piperidine rings is 1. The lowest BCUT2D eigenvalue weighted by molar-refractivity contribution is -0.190. The van der Waals surface area contributed by atoms with E-state index in [4.69, 9.17) is 0 Å². The highest BCUT2D eigenvalue weighted by Gasteiger charge is 2.49. The van der Waals surface area contributed by atoms with Gasteiger partial charge in [-0.1, -0.05) is 6.92 Å². The van der Waals surface area contributed by atoms with Crippen LogP contribution in [0.3, 0.4) is 0 Å². The van der Waals surface area contributed by atoms with Gasteiger partial charge in [0.15, 0.2) is 0 Å². The fraction of sp³-hybridized carbons (Fsp3) is 1.00. The van der Waals surface area contributed by atoms with Gasteiger partial charge in [-0.25, -0.2) is 8.78 Å². The van der Waals surface area contributed by atoms with Crippen molar-refractivity contribution in [2.45, 2.75) is 38.2 Å². The normalized spacial score (nSPS) is 24.7. The molecule has 0 aliphatic carbocycles. The van der Waals surface area contributed by atoms with E-state index < -0.39 is 11.5 Å². The summed E-state index contributed by atoms with van der Waals surface area (Å²) >= 11 is 0. The molecule has 1 aliphatic rings. The van der Waals surface area contributed by atoms with Crippen molar-refractivity contribution in [3.8, 4) is 0 Å². The molecule has 78 valence electrons. The number of hydrogen-bond acceptors (Lipinski definition) is 2. The Kier molecular flexibility index (Phi) is 2.92. The monoisotopic (exact) mass is 193 g/mol. The number of nitrogens with zero attached hydrogens (tertiary/aromatic N) is 1. The molecular formula is C9H17F2NO. The van der Waals surface area contributed by atoms with E-state index in [1.807, 2.05) is 6.92 Å². The smallest absolute Gasteiger partial charge is 0.273 e. The maximum Gasteiger partial charge on any atom is 0.273 e. The highest BCUT2D eigenvalue weighted by molar-refractivity contribution is 4.94. The number of halogens is 2. The third kappa shape index (κ3) is 2.17. The van der Waals surface area contributed by atoms with Crippen LogP contribution >= 0.6 is 0 Å². The Balaban J connectivity index is 2.57. The average Bonchev–Trinajstić information content (AvgIpc) is 2.04. The Morgan fingerprint density at radius 2 is 1.85 bits per heavy atom. The van der Waals surface area contributed by atoms with Gasteiger partial charge in [0.25, 0.3) is 5.92 Å². The van der Waals surface area contributed by atoms with Crippen LogP contribution in [0.25, 0.3) is 0 Å². The number of likely N-dealkylation sites (tertiary alicyclic amines) is 1. The molecular weight excluding hydrogens is 176 g/mol. The van der Waals surface area contributed by atoms with Gasteiger partial charge in [0, 0.05) is 20.0 Å². The summed E-state index contributed by atoms with van der Waals surface area (Å²) in [5.41, 5.74) is -1.78. The molecule has 1 N–H and O–H groups in total. The van der Waals surface area contributed by atoms with Crippen molar-refractivity contribution in [1.29, 1.82) is 0 Å². The van der Waals surface area contributed by atoms with Crippen molar-refractivity contribution in [2.75, 3.05) is 19.6 Å². The van der Waals surface area contributed by atoms with Crippen LogP contribution in [0, 0.1) is 0 Å². The second-order valence-corrected chi connectivity index (χ2v) is 3.85. The van der Waals surface area contributed by atoms with Gasteiger partial charge in [0.05, 0.1) is 0 Å². The molecule has 1 aliphatic heterocycles. The third-order valence-electron chi connectivity index (χ3n) is 2.95. The van der Waals surface area contributed by atoms with Crippen LogP contribution in [0.5, 0.6) is 0 Å². The Hall–Kier alpha value is -0.220. The van der Waals surface area contributed by atoms with E-state index >= 15 is 0 Å². The molecule has 0 bridgehead atoms. The molecule has 1 saturated heterocycles. The summed E-state index contributed by atoms with van der Waals surface area (Å²) in [5.74, 6) is -2.98. The highest BCUT2D eigenvalue weighted by Crippen LogP contribution is 2.36. The molecule has 0 aromatic rings. The molecule has 2 nitrogen and oxygen atoms in total. The maximum atomic E-state index is 13.0. The van der Waals surface area contributed by atoms with Gasteiger partial charge in [-0.15, -0.1) is 0 Å². The molecule has 0 aromatic carbocycles. The zero-order valence-corrected chi connectivity index (χ0v) is 8.19. The number of alkyl halides is 2. The molecule has 0 unspecified atom stereocenters. The van der Waals surface area contributed by atoms with Crippen LogP contribution in [0.4, 0.5) is 8.78 Å². The van der Waals surface area contributed by atoms with Crippen molar-refractivity contribution in [2.24, 2.45) is 0 Å². The maximum absolute atomic E-state index is 13.0. The van der Waals surface area contributed by atoms with Crippen molar-refractivity contribution in [3.63, 3.8) is 0 Å². The van der Waals surface area contributed by atoms with Gasteiger partial charge in [-0.3, -0.25) is 0 Å². The SMILES string of the molecule is CCN1CCC(O)(C(C)(F)F)CC1. The molecule has 13 heavy (non-hydrogen) atoms. The van der Waals surface area contributed by atoms with Crippen LogP contribution in [0.15, 0.2) is 0 Å². The molecule has 0 radical (unpaired) electrons. The second kappa shape index (κ2) is 3.50. The summed E-state index contributed by atoms with van der Waals surface area (Å²) < 4.78 is 25.9. The van der Waals surface area contributed by atoms with Crippen LogP contribution < -0.4 is 0 Å². The molecule has 0 atom stereocenters. The third-order valence-corrected chi connectivity index (χ3v) is 2.95. The first-order valence-corrected chi connectivity index (χ1v) is 4.71. The summed E-state index contributed by atoms with van der Waals surface area (Å²) in [6, 6.07) is 0. The Labute approximate surface area is 77.5 Å². The van der Waals surface area contributed by atoms with Gasteiger partial charge in [-0.05, 0) is 19.4 Å². The second-order valence-electron chi connectivity index (χ2n) is 3.85. The lowest BCUT2D eigenvalue weighted by atomic mass is 9.86. The molecule has 4 heteroatoms. The van der Waals surface area contributed by atoms with E-state index in [2.05, 4.69) is 4.90 Å². The summed E-state index contributed by atoms with van der Waals surface area (Å²) in [5, 5.41) is 9.64. The first-order valence-electron chi connectivity index (χ1n) is 4.71. The van der Waals surface area contributed by atoms with E-state index in [1.54, 1.807) is 0 Å². The van der Waals surface area contributed by atoms with Crippen LogP contribution in [-0.4, -0.2) is 41.2 Å². The summed E-state index contributed by atoms with van der Waals surface area (Å²) in [7, 11) is 0. The minimum Gasteiger partial charge on any atom is -0.384 e. The Morgan fingerprint density at radius 1 is 1.38 bits per heavy atom. The molecule has 0 aromatic heterocycles. The van der Waals surface area contributed by atoms with E-state index in [0.717, 1.165) is 13.5 Å². The van der Waals surface area contributed by atoms with Gasteiger partial charge < -0.3 is 10.0 Å². The molecule has 0 saturated carbocycles. The number of rotatable bonds is 2. The van der Waals surface area contributed by atoms with Gasteiger partial charge >= 0.3 is 0 Å². The topological polar surface area (TPSA) is 23.5 Å². The fourth-order valence-corrected chi connectivity index (χ4v) is 1.68.